The Bertz CT molecular complexity index is 532. The molecule has 0 bridgehead atoms. The molecule has 0 aliphatic rings. The van der Waals surface area contributed by atoms with Crippen LogP contribution in [0.5, 0.6) is 5.75 Å². The number of hydrogen-bond donors (Lipinski definition) is 0. The molecule has 0 fully saturated rings. The van der Waals surface area contributed by atoms with E-state index < -0.39 is 0 Å². The molecule has 0 saturated heterocycles. The first kappa shape index (κ1) is 14.0. The van der Waals surface area contributed by atoms with Gasteiger partial charge in [0.2, 0.25) is 0 Å². The van der Waals surface area contributed by atoms with Crippen molar-refractivity contribution < 1.29 is 4.74 Å². The average molecular weight is 276 g/mol. The Morgan fingerprint density at radius 3 is 2.47 bits per heavy atom. The highest BCUT2D eigenvalue weighted by Gasteiger charge is 2.12. The van der Waals surface area contributed by atoms with Crippen LogP contribution in [0.3, 0.4) is 0 Å². The van der Waals surface area contributed by atoms with Crippen molar-refractivity contribution in [3.05, 3.63) is 30.5 Å². The van der Waals surface area contributed by atoms with E-state index in [1.54, 1.807) is 18.9 Å². The second-order valence-electron chi connectivity index (χ2n) is 4.86. The van der Waals surface area contributed by atoms with Crippen LogP contribution in [0.1, 0.15) is 13.8 Å². The molecule has 0 spiro atoms. The molecule has 0 aliphatic carbocycles. The zero-order chi connectivity index (χ0) is 13.8. The summed E-state index contributed by atoms with van der Waals surface area (Å²) in [5.41, 5.74) is 2.34. The molecule has 0 unspecified atom stereocenters. The molecule has 102 valence electrons. The number of imidazole rings is 1. The lowest BCUT2D eigenvalue weighted by molar-refractivity contribution is 0.415. The fraction of sp³-hybridized carbons (Fsp3) is 0.400. The van der Waals surface area contributed by atoms with Gasteiger partial charge in [0.15, 0.2) is 5.16 Å². The van der Waals surface area contributed by atoms with Crippen LogP contribution in [-0.2, 0) is 6.54 Å². The third-order valence-electron chi connectivity index (χ3n) is 2.94. The maximum atomic E-state index is 5.20. The molecule has 3 nitrogen and oxygen atoms in total. The van der Waals surface area contributed by atoms with Crippen molar-refractivity contribution in [1.82, 2.24) is 9.55 Å². The van der Waals surface area contributed by atoms with Gasteiger partial charge in [-0.25, -0.2) is 4.98 Å². The van der Waals surface area contributed by atoms with Gasteiger partial charge >= 0.3 is 0 Å². The van der Waals surface area contributed by atoms with Crippen molar-refractivity contribution in [2.75, 3.05) is 13.4 Å². The van der Waals surface area contributed by atoms with Crippen LogP contribution >= 0.6 is 11.8 Å². The minimum Gasteiger partial charge on any atom is -0.497 e. The first-order valence-electron chi connectivity index (χ1n) is 6.39. The lowest BCUT2D eigenvalue weighted by Crippen LogP contribution is -2.07. The molecular formula is C15H20N2OS. The summed E-state index contributed by atoms with van der Waals surface area (Å²) in [6, 6.07) is 8.13. The molecule has 19 heavy (non-hydrogen) atoms. The first-order valence-corrected chi connectivity index (χ1v) is 7.62. The second kappa shape index (κ2) is 6.15. The lowest BCUT2D eigenvalue weighted by Gasteiger charge is -2.13. The van der Waals surface area contributed by atoms with Gasteiger partial charge in [-0.05, 0) is 36.4 Å². The van der Waals surface area contributed by atoms with E-state index in [9.17, 15) is 0 Å². The number of nitrogens with zero attached hydrogens (tertiary/aromatic N) is 2. The zero-order valence-corrected chi connectivity index (χ0v) is 12.7. The average Bonchev–Trinajstić information content (AvgIpc) is 2.81. The van der Waals surface area contributed by atoms with E-state index in [2.05, 4.69) is 41.8 Å². The summed E-state index contributed by atoms with van der Waals surface area (Å²) in [6.45, 7) is 5.43. The van der Waals surface area contributed by atoms with E-state index >= 15 is 0 Å². The number of methoxy groups -OCH3 is 1. The topological polar surface area (TPSA) is 27.1 Å². The maximum Gasteiger partial charge on any atom is 0.168 e. The molecule has 2 aromatic rings. The summed E-state index contributed by atoms with van der Waals surface area (Å²) in [5.74, 6) is 1.47. The Morgan fingerprint density at radius 1 is 1.26 bits per heavy atom. The minimum atomic E-state index is 0.595. The van der Waals surface area contributed by atoms with Crippen LogP contribution in [0.25, 0.3) is 11.3 Å². The SMILES string of the molecule is COc1ccc(-c2cnc(SC)n2CC(C)C)cc1. The van der Waals surface area contributed by atoms with Crippen molar-refractivity contribution >= 4 is 11.8 Å². The number of thioether (sulfide) groups is 1. The number of ether oxygens (including phenoxy) is 1. The van der Waals surface area contributed by atoms with Gasteiger partial charge in [0.25, 0.3) is 0 Å². The molecule has 0 N–H and O–H groups in total. The van der Waals surface area contributed by atoms with E-state index in [4.69, 9.17) is 4.74 Å². The molecule has 2 rings (SSSR count). The Hall–Kier alpha value is -1.42. The fourth-order valence-corrected chi connectivity index (χ4v) is 2.61. The van der Waals surface area contributed by atoms with Gasteiger partial charge in [-0.2, -0.15) is 0 Å². The summed E-state index contributed by atoms with van der Waals surface area (Å²) in [7, 11) is 1.68. The van der Waals surface area contributed by atoms with Crippen molar-refractivity contribution in [2.45, 2.75) is 25.5 Å². The molecule has 0 aliphatic heterocycles. The lowest BCUT2D eigenvalue weighted by atomic mass is 10.1. The zero-order valence-electron chi connectivity index (χ0n) is 11.9. The van der Waals surface area contributed by atoms with Crippen molar-refractivity contribution in [3.8, 4) is 17.0 Å². The molecule has 1 aromatic carbocycles. The van der Waals surface area contributed by atoms with Crippen LogP contribution in [-0.4, -0.2) is 22.9 Å². The summed E-state index contributed by atoms with van der Waals surface area (Å²) < 4.78 is 7.49. The number of rotatable bonds is 5. The Balaban J connectivity index is 2.39. The van der Waals surface area contributed by atoms with Gasteiger partial charge in [0.05, 0.1) is 19.0 Å². The molecule has 0 atom stereocenters. The Labute approximate surface area is 119 Å². The highest BCUT2D eigenvalue weighted by atomic mass is 32.2. The van der Waals surface area contributed by atoms with Gasteiger partial charge in [0.1, 0.15) is 5.75 Å². The summed E-state index contributed by atoms with van der Waals surface area (Å²) >= 11 is 1.69. The number of benzene rings is 1. The van der Waals surface area contributed by atoms with Gasteiger partial charge < -0.3 is 9.30 Å². The van der Waals surface area contributed by atoms with Crippen LogP contribution in [0.15, 0.2) is 35.6 Å². The third-order valence-corrected chi connectivity index (χ3v) is 3.63. The van der Waals surface area contributed by atoms with Crippen molar-refractivity contribution in [1.29, 1.82) is 0 Å². The molecule has 0 radical (unpaired) electrons. The summed E-state index contributed by atoms with van der Waals surface area (Å²) in [4.78, 5) is 4.50. The predicted octanol–water partition coefficient (Wildman–Crippen LogP) is 3.94. The summed E-state index contributed by atoms with van der Waals surface area (Å²) in [5, 5.41) is 1.07. The maximum absolute atomic E-state index is 5.20. The number of aromatic nitrogens is 2. The minimum absolute atomic E-state index is 0.595. The normalized spacial score (nSPS) is 11.0. The molecule has 1 heterocycles. The Kier molecular flexibility index (Phi) is 4.53. The van der Waals surface area contributed by atoms with Crippen LogP contribution in [0.4, 0.5) is 0 Å². The van der Waals surface area contributed by atoms with E-state index in [0.717, 1.165) is 17.5 Å². The highest BCUT2D eigenvalue weighted by Crippen LogP contribution is 2.27. The predicted molar refractivity (Wildman–Crippen MR) is 80.8 cm³/mol. The Morgan fingerprint density at radius 2 is 1.95 bits per heavy atom. The van der Waals surface area contributed by atoms with E-state index in [-0.39, 0.29) is 0 Å². The largest absolute Gasteiger partial charge is 0.497 e. The highest BCUT2D eigenvalue weighted by molar-refractivity contribution is 7.98. The number of hydrogen-bond acceptors (Lipinski definition) is 3. The van der Waals surface area contributed by atoms with Crippen LogP contribution in [0, 0.1) is 5.92 Å². The van der Waals surface area contributed by atoms with Gasteiger partial charge in [-0.1, -0.05) is 25.6 Å². The standard InChI is InChI=1S/C15H20N2OS/c1-11(2)10-17-14(9-16-15(17)19-4)12-5-7-13(18-3)8-6-12/h5-9,11H,10H2,1-4H3. The molecule has 4 heteroatoms. The van der Waals surface area contributed by atoms with Crippen LogP contribution in [0.2, 0.25) is 0 Å². The second-order valence-corrected chi connectivity index (χ2v) is 5.64. The van der Waals surface area contributed by atoms with E-state index in [1.807, 2.05) is 18.3 Å². The quantitative estimate of drug-likeness (QED) is 0.774. The van der Waals surface area contributed by atoms with Crippen LogP contribution < -0.4 is 4.74 Å². The van der Waals surface area contributed by atoms with Gasteiger partial charge in [-0.3, -0.25) is 0 Å². The molecular weight excluding hydrogens is 256 g/mol. The monoisotopic (exact) mass is 276 g/mol. The van der Waals surface area contributed by atoms with E-state index in [0.29, 0.717) is 5.92 Å². The van der Waals surface area contributed by atoms with Gasteiger partial charge in [-0.15, -0.1) is 0 Å². The molecule has 0 saturated carbocycles. The molecule has 0 amide bonds. The van der Waals surface area contributed by atoms with Gasteiger partial charge in [0, 0.05) is 12.1 Å². The summed E-state index contributed by atoms with van der Waals surface area (Å²) in [6.07, 6.45) is 4.02. The molecule has 1 aromatic heterocycles. The van der Waals surface area contributed by atoms with E-state index in [1.165, 1.54) is 11.3 Å². The fourth-order valence-electron chi connectivity index (χ4n) is 2.06. The third kappa shape index (κ3) is 3.13. The van der Waals surface area contributed by atoms with Crippen molar-refractivity contribution in [3.63, 3.8) is 0 Å². The van der Waals surface area contributed by atoms with Crippen molar-refractivity contribution in [2.24, 2.45) is 5.92 Å². The first-order chi connectivity index (χ1) is 9.15. The smallest absolute Gasteiger partial charge is 0.168 e.